The minimum Gasteiger partial charge on any atom is -0.310 e. The van der Waals surface area contributed by atoms with E-state index in [1.54, 1.807) is 22.5 Å². The third-order valence-corrected chi connectivity index (χ3v) is 8.98. The van der Waals surface area contributed by atoms with Gasteiger partial charge in [-0.1, -0.05) is 26.0 Å². The monoisotopic (exact) mass is 400 g/mol. The van der Waals surface area contributed by atoms with Gasteiger partial charge in [-0.2, -0.15) is 4.31 Å². The van der Waals surface area contributed by atoms with Gasteiger partial charge in [0, 0.05) is 25.2 Å². The summed E-state index contributed by atoms with van der Waals surface area (Å²) in [6.07, 6.45) is 2.07. The van der Waals surface area contributed by atoms with E-state index in [2.05, 4.69) is 5.32 Å². The molecule has 2 aliphatic heterocycles. The van der Waals surface area contributed by atoms with Crippen molar-refractivity contribution in [2.24, 2.45) is 0 Å². The van der Waals surface area contributed by atoms with Crippen LogP contribution >= 0.6 is 0 Å². The van der Waals surface area contributed by atoms with Gasteiger partial charge in [-0.05, 0) is 42.9 Å². The zero-order chi connectivity index (χ0) is 18.9. The van der Waals surface area contributed by atoms with Crippen molar-refractivity contribution in [1.82, 2.24) is 9.62 Å². The van der Waals surface area contributed by atoms with Crippen molar-refractivity contribution in [2.75, 3.05) is 24.6 Å². The molecule has 0 aromatic heterocycles. The number of nitrogens with one attached hydrogen (secondary N) is 1. The van der Waals surface area contributed by atoms with Gasteiger partial charge in [0.15, 0.2) is 9.84 Å². The van der Waals surface area contributed by atoms with E-state index in [1.807, 2.05) is 19.9 Å². The molecule has 0 bridgehead atoms. The molecular formula is C18H28N2O4S2. The van der Waals surface area contributed by atoms with E-state index in [0.717, 1.165) is 5.56 Å². The highest BCUT2D eigenvalue weighted by Gasteiger charge is 2.33. The van der Waals surface area contributed by atoms with Crippen molar-refractivity contribution < 1.29 is 16.8 Å². The average molecular weight is 401 g/mol. The van der Waals surface area contributed by atoms with Crippen LogP contribution in [-0.4, -0.2) is 57.8 Å². The van der Waals surface area contributed by atoms with Crippen LogP contribution < -0.4 is 5.32 Å². The van der Waals surface area contributed by atoms with Gasteiger partial charge in [0.2, 0.25) is 10.0 Å². The Balaban J connectivity index is 1.61. The van der Waals surface area contributed by atoms with E-state index in [1.165, 1.54) is 0 Å². The summed E-state index contributed by atoms with van der Waals surface area (Å²) < 4.78 is 50.5. The fourth-order valence-corrected chi connectivity index (χ4v) is 6.92. The van der Waals surface area contributed by atoms with Crippen molar-refractivity contribution in [2.45, 2.75) is 56.0 Å². The summed E-state index contributed by atoms with van der Waals surface area (Å²) in [5.74, 6) is 0.736. The quantitative estimate of drug-likeness (QED) is 0.814. The van der Waals surface area contributed by atoms with Crippen molar-refractivity contribution in [1.29, 1.82) is 0 Å². The summed E-state index contributed by atoms with van der Waals surface area (Å²) in [7, 11) is -6.37. The van der Waals surface area contributed by atoms with Crippen LogP contribution in [0.2, 0.25) is 0 Å². The predicted molar refractivity (Wildman–Crippen MR) is 103 cm³/mol. The summed E-state index contributed by atoms with van der Waals surface area (Å²) in [5.41, 5.74) is 1.02. The molecule has 0 amide bonds. The van der Waals surface area contributed by atoms with Crippen molar-refractivity contribution in [3.63, 3.8) is 0 Å². The predicted octanol–water partition coefficient (Wildman–Crippen LogP) is 1.74. The molecule has 146 valence electrons. The van der Waals surface area contributed by atoms with Crippen LogP contribution in [0.1, 0.15) is 44.6 Å². The number of piperidine rings is 1. The van der Waals surface area contributed by atoms with Gasteiger partial charge < -0.3 is 5.32 Å². The van der Waals surface area contributed by atoms with E-state index in [4.69, 9.17) is 0 Å². The zero-order valence-electron chi connectivity index (χ0n) is 15.4. The van der Waals surface area contributed by atoms with Gasteiger partial charge in [-0.3, -0.25) is 0 Å². The van der Waals surface area contributed by atoms with Gasteiger partial charge >= 0.3 is 0 Å². The number of benzene rings is 1. The van der Waals surface area contributed by atoms with Crippen LogP contribution in [0.5, 0.6) is 0 Å². The lowest BCUT2D eigenvalue weighted by Crippen LogP contribution is -2.48. The van der Waals surface area contributed by atoms with Crippen molar-refractivity contribution in [3.05, 3.63) is 29.8 Å². The molecule has 26 heavy (non-hydrogen) atoms. The topological polar surface area (TPSA) is 83.6 Å². The molecule has 0 saturated carbocycles. The van der Waals surface area contributed by atoms with E-state index in [-0.39, 0.29) is 29.5 Å². The molecule has 1 unspecified atom stereocenters. The van der Waals surface area contributed by atoms with Crippen LogP contribution in [0.4, 0.5) is 0 Å². The van der Waals surface area contributed by atoms with Gasteiger partial charge in [-0.25, -0.2) is 16.8 Å². The molecule has 8 heteroatoms. The number of sulfone groups is 1. The Bertz CT molecular complexity index is 842. The standard InChI is InChI=1S/C18H28N2O4S2/c1-14(2)15-4-3-5-18(12-15)26(23,24)20-9-6-16(7-10-20)19-17-8-11-25(21,22)13-17/h3-5,12,14,16-17,19H,6-11,13H2,1-2H3. The normalized spacial score (nSPS) is 25.0. The van der Waals surface area contributed by atoms with Crippen LogP contribution in [-0.2, 0) is 19.9 Å². The Hall–Kier alpha value is -0.960. The fraction of sp³-hybridized carbons (Fsp3) is 0.667. The first-order valence-electron chi connectivity index (χ1n) is 9.24. The van der Waals surface area contributed by atoms with Crippen LogP contribution in [0.15, 0.2) is 29.2 Å². The molecule has 1 atom stereocenters. The van der Waals surface area contributed by atoms with Crippen LogP contribution in [0, 0.1) is 0 Å². The smallest absolute Gasteiger partial charge is 0.243 e. The molecule has 2 aliphatic rings. The molecule has 2 fully saturated rings. The number of hydrogen-bond donors (Lipinski definition) is 1. The van der Waals surface area contributed by atoms with Gasteiger partial charge in [0.1, 0.15) is 0 Å². The maximum absolute atomic E-state index is 12.9. The number of nitrogens with zero attached hydrogens (tertiary/aromatic N) is 1. The highest BCUT2D eigenvalue weighted by molar-refractivity contribution is 7.91. The maximum Gasteiger partial charge on any atom is 0.243 e. The van der Waals surface area contributed by atoms with E-state index in [0.29, 0.717) is 37.2 Å². The van der Waals surface area contributed by atoms with Crippen molar-refractivity contribution >= 4 is 19.9 Å². The minimum absolute atomic E-state index is 0.0101. The highest BCUT2D eigenvalue weighted by Crippen LogP contribution is 2.24. The fourth-order valence-electron chi connectivity index (χ4n) is 3.71. The molecule has 2 saturated heterocycles. The SMILES string of the molecule is CC(C)c1cccc(S(=O)(=O)N2CCC(NC3CCS(=O)(=O)C3)CC2)c1. The average Bonchev–Trinajstić information content (AvgIpc) is 2.94. The number of sulfonamides is 1. The summed E-state index contributed by atoms with van der Waals surface area (Å²) >= 11 is 0. The Labute approximate surface area is 156 Å². The summed E-state index contributed by atoms with van der Waals surface area (Å²) in [4.78, 5) is 0.358. The van der Waals surface area contributed by atoms with Crippen molar-refractivity contribution in [3.8, 4) is 0 Å². The van der Waals surface area contributed by atoms with E-state index in [9.17, 15) is 16.8 Å². The largest absolute Gasteiger partial charge is 0.310 e. The third kappa shape index (κ3) is 4.47. The molecular weight excluding hydrogens is 372 g/mol. The second-order valence-electron chi connectivity index (χ2n) is 7.67. The second kappa shape index (κ2) is 7.58. The van der Waals surface area contributed by atoms with Crippen LogP contribution in [0.25, 0.3) is 0 Å². The molecule has 1 N–H and O–H groups in total. The Kier molecular flexibility index (Phi) is 5.77. The highest BCUT2D eigenvalue weighted by atomic mass is 32.2. The lowest BCUT2D eigenvalue weighted by molar-refractivity contribution is 0.277. The third-order valence-electron chi connectivity index (χ3n) is 5.32. The molecule has 0 radical (unpaired) electrons. The summed E-state index contributed by atoms with van der Waals surface area (Å²) in [6.45, 7) is 5.02. The lowest BCUT2D eigenvalue weighted by Gasteiger charge is -2.33. The van der Waals surface area contributed by atoms with E-state index >= 15 is 0 Å². The van der Waals surface area contributed by atoms with Gasteiger partial charge in [0.05, 0.1) is 16.4 Å². The Morgan fingerprint density at radius 1 is 1.12 bits per heavy atom. The van der Waals surface area contributed by atoms with Gasteiger partial charge in [0.25, 0.3) is 0 Å². The number of rotatable bonds is 5. The molecule has 0 aliphatic carbocycles. The molecule has 0 spiro atoms. The maximum atomic E-state index is 12.9. The van der Waals surface area contributed by atoms with E-state index < -0.39 is 19.9 Å². The summed E-state index contributed by atoms with van der Waals surface area (Å²) in [5, 5.41) is 3.41. The first kappa shape index (κ1) is 19.8. The summed E-state index contributed by atoms with van der Waals surface area (Å²) in [6, 6.07) is 7.38. The molecule has 3 rings (SSSR count). The Morgan fingerprint density at radius 3 is 2.38 bits per heavy atom. The first-order chi connectivity index (χ1) is 12.2. The zero-order valence-corrected chi connectivity index (χ0v) is 17.0. The lowest BCUT2D eigenvalue weighted by atomic mass is 10.0. The minimum atomic E-state index is -3.48. The molecule has 2 heterocycles. The molecule has 6 nitrogen and oxygen atoms in total. The molecule has 1 aromatic rings. The number of hydrogen-bond acceptors (Lipinski definition) is 5. The second-order valence-corrected chi connectivity index (χ2v) is 11.8. The van der Waals surface area contributed by atoms with Gasteiger partial charge in [-0.15, -0.1) is 0 Å². The first-order valence-corrected chi connectivity index (χ1v) is 12.5. The Morgan fingerprint density at radius 2 is 1.81 bits per heavy atom. The molecule has 1 aromatic carbocycles. The van der Waals surface area contributed by atoms with Crippen LogP contribution in [0.3, 0.4) is 0 Å².